The zero-order valence-electron chi connectivity index (χ0n) is 16.7. The van der Waals surface area contributed by atoms with Crippen LogP contribution in [0, 0.1) is 0 Å². The fourth-order valence-electron chi connectivity index (χ4n) is 3.40. The molecular formula is C27H16Br2O3. The summed E-state index contributed by atoms with van der Waals surface area (Å²) in [4.78, 5) is 39.1. The molecule has 156 valence electrons. The first-order valence-corrected chi connectivity index (χ1v) is 11.4. The van der Waals surface area contributed by atoms with E-state index in [-0.39, 0.29) is 17.3 Å². The molecule has 4 aromatic rings. The Bertz CT molecular complexity index is 1340. The van der Waals surface area contributed by atoms with Gasteiger partial charge in [-0.15, -0.1) is 0 Å². The summed E-state index contributed by atoms with van der Waals surface area (Å²) in [6.45, 7) is 0. The van der Waals surface area contributed by atoms with Crippen LogP contribution in [0.15, 0.2) is 106 Å². The summed E-state index contributed by atoms with van der Waals surface area (Å²) in [6, 6.07) is 27.6. The normalized spacial score (nSPS) is 10.6. The molecule has 0 radical (unpaired) electrons. The molecule has 0 fully saturated rings. The Kier molecular flexibility index (Phi) is 6.58. The molecule has 4 rings (SSSR count). The summed E-state index contributed by atoms with van der Waals surface area (Å²) in [5.74, 6) is -0.649. The highest BCUT2D eigenvalue weighted by Gasteiger charge is 2.21. The maximum absolute atomic E-state index is 13.2. The van der Waals surface area contributed by atoms with Crippen molar-refractivity contribution in [3.05, 3.63) is 139 Å². The van der Waals surface area contributed by atoms with E-state index in [1.165, 1.54) is 0 Å². The third-order valence-corrected chi connectivity index (χ3v) is 6.45. The fraction of sp³-hybridized carbons (Fsp3) is 0. The molecule has 0 N–H and O–H groups in total. The third-order valence-electron chi connectivity index (χ3n) is 5.06. The molecule has 0 aliphatic carbocycles. The smallest absolute Gasteiger partial charge is 0.194 e. The van der Waals surface area contributed by atoms with Gasteiger partial charge >= 0.3 is 0 Å². The molecule has 5 heteroatoms. The van der Waals surface area contributed by atoms with Crippen LogP contribution >= 0.6 is 31.9 Å². The summed E-state index contributed by atoms with van der Waals surface area (Å²) in [5.41, 5.74) is 2.57. The molecular weight excluding hydrogens is 532 g/mol. The molecule has 0 aromatic heterocycles. The number of hydrogen-bond acceptors (Lipinski definition) is 3. The molecule has 3 nitrogen and oxygen atoms in total. The SMILES string of the molecule is O=C(c1ccc(C(=O)c2ccccc2C(=O)c2ccccc2Br)cc1)c1ccccc1Br. The Hall–Kier alpha value is -3.15. The Labute approximate surface area is 202 Å². The first-order chi connectivity index (χ1) is 15.5. The zero-order valence-corrected chi connectivity index (χ0v) is 19.9. The first-order valence-electron chi connectivity index (χ1n) is 9.79. The predicted octanol–water partition coefficient (Wildman–Crippen LogP) is 6.90. The maximum Gasteiger partial charge on any atom is 0.194 e. The minimum Gasteiger partial charge on any atom is -0.289 e. The van der Waals surface area contributed by atoms with E-state index in [1.807, 2.05) is 18.2 Å². The molecule has 0 unspecified atom stereocenters. The minimum absolute atomic E-state index is 0.138. The molecule has 0 saturated carbocycles. The van der Waals surface area contributed by atoms with E-state index in [1.54, 1.807) is 78.9 Å². The lowest BCUT2D eigenvalue weighted by molar-refractivity contribution is 0.100. The molecule has 0 aliphatic rings. The van der Waals surface area contributed by atoms with Crippen molar-refractivity contribution in [2.75, 3.05) is 0 Å². The van der Waals surface area contributed by atoms with Crippen molar-refractivity contribution in [1.29, 1.82) is 0 Å². The van der Waals surface area contributed by atoms with Crippen molar-refractivity contribution in [2.45, 2.75) is 0 Å². The summed E-state index contributed by atoms with van der Waals surface area (Å²) >= 11 is 6.80. The standard InChI is InChI=1S/C27H16Br2O3/c28-23-11-5-3-9-21(23)26(31)18-15-13-17(14-16-18)25(30)19-7-1-2-8-20(19)27(32)22-10-4-6-12-24(22)29/h1-16H. The van der Waals surface area contributed by atoms with Crippen molar-refractivity contribution in [1.82, 2.24) is 0 Å². The molecule has 0 aliphatic heterocycles. The van der Waals surface area contributed by atoms with Crippen molar-refractivity contribution in [2.24, 2.45) is 0 Å². The number of rotatable bonds is 6. The van der Waals surface area contributed by atoms with Crippen LogP contribution in [0.1, 0.15) is 47.8 Å². The average Bonchev–Trinajstić information content (AvgIpc) is 2.83. The van der Waals surface area contributed by atoms with Crippen LogP contribution < -0.4 is 0 Å². The summed E-state index contributed by atoms with van der Waals surface area (Å²) in [6.07, 6.45) is 0. The highest BCUT2D eigenvalue weighted by Crippen LogP contribution is 2.24. The van der Waals surface area contributed by atoms with Crippen LogP contribution in [0.4, 0.5) is 0 Å². The van der Waals surface area contributed by atoms with Crippen molar-refractivity contribution >= 4 is 49.2 Å². The maximum atomic E-state index is 13.2. The van der Waals surface area contributed by atoms with Gasteiger partial charge < -0.3 is 0 Å². The van der Waals surface area contributed by atoms with Crippen LogP contribution in [0.2, 0.25) is 0 Å². The minimum atomic E-state index is -0.277. The quantitative estimate of drug-likeness (QED) is 0.246. The lowest BCUT2D eigenvalue weighted by Gasteiger charge is -2.10. The zero-order chi connectivity index (χ0) is 22.7. The van der Waals surface area contributed by atoms with E-state index < -0.39 is 0 Å². The summed E-state index contributed by atoms with van der Waals surface area (Å²) in [7, 11) is 0. The van der Waals surface area contributed by atoms with Crippen LogP contribution in [0.3, 0.4) is 0 Å². The van der Waals surface area contributed by atoms with Gasteiger partial charge in [0.2, 0.25) is 0 Å². The summed E-state index contributed by atoms with van der Waals surface area (Å²) in [5, 5.41) is 0. The van der Waals surface area contributed by atoms with E-state index in [9.17, 15) is 14.4 Å². The Morgan fingerprint density at radius 2 is 0.719 bits per heavy atom. The van der Waals surface area contributed by atoms with Gasteiger partial charge in [0.25, 0.3) is 0 Å². The number of ketones is 3. The van der Waals surface area contributed by atoms with Gasteiger partial charge in [0.15, 0.2) is 17.3 Å². The van der Waals surface area contributed by atoms with Gasteiger partial charge in [-0.2, -0.15) is 0 Å². The highest BCUT2D eigenvalue weighted by molar-refractivity contribution is 9.10. The number of carbonyl (C=O) groups is 3. The van der Waals surface area contributed by atoms with Gasteiger partial charge in [0, 0.05) is 42.3 Å². The molecule has 0 heterocycles. The van der Waals surface area contributed by atoms with Gasteiger partial charge in [0.05, 0.1) is 0 Å². The van der Waals surface area contributed by atoms with Gasteiger partial charge in [-0.3, -0.25) is 14.4 Å². The lowest BCUT2D eigenvalue weighted by atomic mass is 9.92. The Morgan fingerprint density at radius 3 is 1.16 bits per heavy atom. The largest absolute Gasteiger partial charge is 0.289 e. The van der Waals surface area contributed by atoms with E-state index in [4.69, 9.17) is 0 Å². The summed E-state index contributed by atoms with van der Waals surface area (Å²) < 4.78 is 1.38. The third kappa shape index (κ3) is 4.40. The second-order valence-corrected chi connectivity index (χ2v) is 8.78. The molecule has 0 spiro atoms. The highest BCUT2D eigenvalue weighted by atomic mass is 79.9. The van der Waals surface area contributed by atoms with Crippen LogP contribution in [-0.2, 0) is 0 Å². The van der Waals surface area contributed by atoms with Crippen molar-refractivity contribution in [3.63, 3.8) is 0 Å². The van der Waals surface area contributed by atoms with Gasteiger partial charge in [-0.1, -0.05) is 105 Å². The first kappa shape index (κ1) is 22.1. The molecule has 0 atom stereocenters. The van der Waals surface area contributed by atoms with Gasteiger partial charge in [-0.25, -0.2) is 0 Å². The van der Waals surface area contributed by atoms with Gasteiger partial charge in [-0.05, 0) is 24.3 Å². The van der Waals surface area contributed by atoms with E-state index in [2.05, 4.69) is 31.9 Å². The topological polar surface area (TPSA) is 51.2 Å². The van der Waals surface area contributed by atoms with E-state index >= 15 is 0 Å². The number of hydrogen-bond donors (Lipinski definition) is 0. The second kappa shape index (κ2) is 9.55. The molecule has 0 bridgehead atoms. The predicted molar refractivity (Wildman–Crippen MR) is 131 cm³/mol. The Morgan fingerprint density at radius 1 is 0.406 bits per heavy atom. The Balaban J connectivity index is 1.65. The van der Waals surface area contributed by atoms with Gasteiger partial charge in [0.1, 0.15) is 0 Å². The fourth-order valence-corrected chi connectivity index (χ4v) is 4.33. The second-order valence-electron chi connectivity index (χ2n) is 7.07. The van der Waals surface area contributed by atoms with Crippen LogP contribution in [0.25, 0.3) is 0 Å². The number of halogens is 2. The monoisotopic (exact) mass is 546 g/mol. The number of benzene rings is 4. The van der Waals surface area contributed by atoms with Crippen LogP contribution in [0.5, 0.6) is 0 Å². The molecule has 0 saturated heterocycles. The molecule has 4 aromatic carbocycles. The van der Waals surface area contributed by atoms with Crippen molar-refractivity contribution < 1.29 is 14.4 Å². The lowest BCUT2D eigenvalue weighted by Crippen LogP contribution is -2.12. The molecule has 32 heavy (non-hydrogen) atoms. The number of carbonyl (C=O) groups excluding carboxylic acids is 3. The van der Waals surface area contributed by atoms with E-state index in [0.29, 0.717) is 42.3 Å². The molecule has 0 amide bonds. The van der Waals surface area contributed by atoms with E-state index in [0.717, 1.165) is 0 Å². The average molecular weight is 548 g/mol. The van der Waals surface area contributed by atoms with Crippen molar-refractivity contribution in [3.8, 4) is 0 Å². The van der Waals surface area contributed by atoms with Crippen LogP contribution in [-0.4, -0.2) is 17.3 Å².